The summed E-state index contributed by atoms with van der Waals surface area (Å²) in [6.45, 7) is 1.96. The van der Waals surface area contributed by atoms with E-state index in [1.807, 2.05) is 61.8 Å². The van der Waals surface area contributed by atoms with Gasteiger partial charge in [0.05, 0.1) is 5.69 Å². The number of benzene rings is 2. The van der Waals surface area contributed by atoms with E-state index in [1.54, 1.807) is 28.8 Å². The number of pyridine rings is 1. The molecule has 1 aliphatic rings. The van der Waals surface area contributed by atoms with Gasteiger partial charge in [0.25, 0.3) is 20.9 Å². The van der Waals surface area contributed by atoms with E-state index in [9.17, 15) is 14.4 Å². The molecule has 7 nitrogen and oxygen atoms in total. The number of carbonyl (C=O) groups excluding carboxylic acids is 2. The summed E-state index contributed by atoms with van der Waals surface area (Å²) in [6, 6.07) is 20.0. The Kier molecular flexibility index (Phi) is 6.55. The van der Waals surface area contributed by atoms with E-state index in [2.05, 4.69) is 5.32 Å². The maximum Gasteiger partial charge on any atom is 0.294 e. The van der Waals surface area contributed by atoms with Crippen molar-refractivity contribution in [3.8, 4) is 16.5 Å². The van der Waals surface area contributed by atoms with Gasteiger partial charge in [-0.15, -0.1) is 0 Å². The van der Waals surface area contributed by atoms with Crippen molar-refractivity contribution in [2.75, 3.05) is 4.90 Å². The van der Waals surface area contributed by atoms with Crippen LogP contribution in [0.25, 0.3) is 11.1 Å². The van der Waals surface area contributed by atoms with Crippen molar-refractivity contribution >= 4 is 63.6 Å². The minimum Gasteiger partial charge on any atom is -0.457 e. The van der Waals surface area contributed by atoms with Gasteiger partial charge in [-0.1, -0.05) is 29.5 Å². The van der Waals surface area contributed by atoms with Gasteiger partial charge >= 0.3 is 0 Å². The third-order valence-electron chi connectivity index (χ3n) is 5.27. The Morgan fingerprint density at radius 1 is 0.917 bits per heavy atom. The van der Waals surface area contributed by atoms with Gasteiger partial charge in [0.1, 0.15) is 21.9 Å². The molecule has 10 heteroatoms. The maximum atomic E-state index is 13.4. The van der Waals surface area contributed by atoms with E-state index in [-0.39, 0.29) is 14.7 Å². The van der Waals surface area contributed by atoms with Crippen LogP contribution in [0.2, 0.25) is 0 Å². The van der Waals surface area contributed by atoms with E-state index in [4.69, 9.17) is 17.0 Å². The number of ether oxygens (including phenoxy) is 1. The summed E-state index contributed by atoms with van der Waals surface area (Å²) in [4.78, 5) is 40.2. The third kappa shape index (κ3) is 4.87. The predicted molar refractivity (Wildman–Crippen MR) is 144 cm³/mol. The van der Waals surface area contributed by atoms with Crippen LogP contribution in [-0.2, 0) is 9.59 Å². The number of thiocarbonyl (C=S) groups is 1. The normalized spacial score (nSPS) is 14.8. The molecule has 3 heterocycles. The number of aromatic nitrogens is 1. The molecule has 5 rings (SSSR count). The number of nitrogens with one attached hydrogen (secondary N) is 1. The fourth-order valence-electron chi connectivity index (χ4n) is 3.50. The lowest BCUT2D eigenvalue weighted by molar-refractivity contribution is -0.591. The number of rotatable bonds is 5. The summed E-state index contributed by atoms with van der Waals surface area (Å²) < 4.78 is 7.46. The van der Waals surface area contributed by atoms with Crippen LogP contribution in [0.3, 0.4) is 0 Å². The second kappa shape index (κ2) is 9.94. The first-order valence-corrected chi connectivity index (χ1v) is 12.8. The van der Waals surface area contributed by atoms with Crippen LogP contribution in [0, 0.1) is 6.92 Å². The van der Waals surface area contributed by atoms with E-state index in [0.717, 1.165) is 28.2 Å². The molecule has 0 aliphatic carbocycles. The maximum absolute atomic E-state index is 13.4. The Balaban J connectivity index is 1.46. The number of carbonyl (C=O) groups is 2. The molecule has 0 unspecified atom stereocenters. The van der Waals surface area contributed by atoms with Gasteiger partial charge in [-0.05, 0) is 78.5 Å². The Morgan fingerprint density at radius 3 is 2.28 bits per heavy atom. The molecule has 2 aromatic heterocycles. The van der Waals surface area contributed by atoms with Crippen LogP contribution in [-0.4, -0.2) is 16.9 Å². The summed E-state index contributed by atoms with van der Waals surface area (Å²) in [7, 11) is 0. The summed E-state index contributed by atoms with van der Waals surface area (Å²) >= 11 is 7.33. The molecule has 2 amide bonds. The molecule has 1 aliphatic heterocycles. The molecule has 0 saturated carbocycles. The van der Waals surface area contributed by atoms with E-state index in [0.29, 0.717) is 27.1 Å². The van der Waals surface area contributed by atoms with Crippen molar-refractivity contribution in [1.29, 1.82) is 0 Å². The molecular weight excluding hydrogens is 515 g/mol. The minimum absolute atomic E-state index is 0.0227. The van der Waals surface area contributed by atoms with Gasteiger partial charge in [-0.3, -0.25) is 24.6 Å². The van der Waals surface area contributed by atoms with Gasteiger partial charge < -0.3 is 4.74 Å². The minimum atomic E-state index is -0.615. The molecule has 0 atom stereocenters. The zero-order chi connectivity index (χ0) is 25.2. The number of nitrogens with zero attached hydrogens (tertiary/aromatic N) is 2. The van der Waals surface area contributed by atoms with Crippen LogP contribution in [0.4, 0.5) is 5.69 Å². The van der Waals surface area contributed by atoms with Crippen LogP contribution >= 0.6 is 34.9 Å². The molecule has 1 N–H and O–H groups in total. The Morgan fingerprint density at radius 2 is 1.58 bits per heavy atom. The zero-order valence-corrected chi connectivity index (χ0v) is 21.3. The first kappa shape index (κ1) is 23.7. The van der Waals surface area contributed by atoms with Gasteiger partial charge in [0.2, 0.25) is 0 Å². The van der Waals surface area contributed by atoms with Crippen molar-refractivity contribution in [3.63, 3.8) is 0 Å². The van der Waals surface area contributed by atoms with Gasteiger partial charge in [-0.2, -0.15) is 4.57 Å². The van der Waals surface area contributed by atoms with Crippen molar-refractivity contribution < 1.29 is 18.9 Å². The smallest absolute Gasteiger partial charge is 0.294 e. The molecular formula is C26H18N3O4S3+. The highest BCUT2D eigenvalue weighted by Crippen LogP contribution is 2.28. The lowest BCUT2D eigenvalue weighted by Gasteiger charge is -2.28. The van der Waals surface area contributed by atoms with E-state index >= 15 is 0 Å². The molecule has 2 aromatic carbocycles. The number of amides is 2. The third-order valence-corrected chi connectivity index (χ3v) is 7.67. The molecule has 36 heavy (non-hydrogen) atoms. The molecule has 0 radical (unpaired) electrons. The second-order valence-electron chi connectivity index (χ2n) is 7.77. The highest BCUT2D eigenvalue weighted by molar-refractivity contribution is 7.80. The highest BCUT2D eigenvalue weighted by atomic mass is 32.2. The Labute approximate surface area is 219 Å². The summed E-state index contributed by atoms with van der Waals surface area (Å²) in [5.41, 5.74) is 1.43. The van der Waals surface area contributed by atoms with E-state index in [1.165, 1.54) is 11.0 Å². The molecule has 0 spiro atoms. The molecule has 178 valence electrons. The summed E-state index contributed by atoms with van der Waals surface area (Å²) in [6.07, 6.45) is 5.11. The van der Waals surface area contributed by atoms with Crippen molar-refractivity contribution in [3.05, 3.63) is 104 Å². The average Bonchev–Trinajstić information content (AvgIpc) is 3.24. The first-order chi connectivity index (χ1) is 17.4. The van der Waals surface area contributed by atoms with Gasteiger partial charge in [0, 0.05) is 12.1 Å². The standard InChI is InChI=1S/C26H17N3O4S3/c1-16-11-13-28(14-12-16)24-21(35-26(32)36-24)15-20-22(30)27-25(34)29(23(20)31)17-7-9-19(10-8-17)33-18-5-3-2-4-6-18/h2-15H,1H3/p+1/b20-15+. The van der Waals surface area contributed by atoms with Gasteiger partial charge in [-0.25, -0.2) is 0 Å². The van der Waals surface area contributed by atoms with E-state index < -0.39 is 11.8 Å². The lowest BCUT2D eigenvalue weighted by atomic mass is 10.1. The quantitative estimate of drug-likeness (QED) is 0.179. The first-order valence-electron chi connectivity index (χ1n) is 10.8. The SMILES string of the molecule is Cc1cc[n+](-c2sc(=O)sc2/C=C2\C(=O)NC(=S)N(c3ccc(Oc4ccccc4)cc3)C2=O)cc1. The second-order valence-corrected chi connectivity index (χ2v) is 10.4. The number of hydrogen-bond donors (Lipinski definition) is 1. The summed E-state index contributed by atoms with van der Waals surface area (Å²) in [5.74, 6) is 0.0782. The molecule has 4 aromatic rings. The van der Waals surface area contributed by atoms with Crippen LogP contribution < -0.4 is 23.6 Å². The monoisotopic (exact) mass is 532 g/mol. The Hall–Kier alpha value is -3.99. The van der Waals surface area contributed by atoms with Crippen molar-refractivity contribution in [2.45, 2.75) is 6.92 Å². The number of aryl methyl sites for hydroxylation is 1. The fraction of sp³-hybridized carbons (Fsp3) is 0.0385. The average molecular weight is 533 g/mol. The summed E-state index contributed by atoms with van der Waals surface area (Å²) in [5, 5.41) is 3.18. The molecule has 1 saturated heterocycles. The van der Waals surface area contributed by atoms with Crippen LogP contribution in [0.1, 0.15) is 10.4 Å². The van der Waals surface area contributed by atoms with Crippen molar-refractivity contribution in [2.24, 2.45) is 0 Å². The molecule has 0 bridgehead atoms. The molecule has 1 fully saturated rings. The number of para-hydroxylation sites is 1. The van der Waals surface area contributed by atoms with Crippen LogP contribution in [0.5, 0.6) is 11.5 Å². The largest absolute Gasteiger partial charge is 0.457 e. The number of anilines is 1. The van der Waals surface area contributed by atoms with Gasteiger partial charge in [0.15, 0.2) is 17.5 Å². The highest BCUT2D eigenvalue weighted by Gasteiger charge is 2.35. The lowest BCUT2D eigenvalue weighted by Crippen LogP contribution is -2.54. The number of hydrogen-bond acceptors (Lipinski definition) is 7. The van der Waals surface area contributed by atoms with Crippen molar-refractivity contribution in [1.82, 2.24) is 5.32 Å². The zero-order valence-electron chi connectivity index (χ0n) is 18.8. The van der Waals surface area contributed by atoms with Crippen LogP contribution in [0.15, 0.2) is 89.5 Å². The predicted octanol–water partition coefficient (Wildman–Crippen LogP) is 4.38. The topological polar surface area (TPSA) is 79.6 Å². The Bertz CT molecular complexity index is 1560. The fourth-order valence-corrected chi connectivity index (χ4v) is 5.80.